The zero-order chi connectivity index (χ0) is 14.3. The van der Waals surface area contributed by atoms with E-state index in [9.17, 15) is 4.79 Å². The fraction of sp³-hybridized carbons (Fsp3) is 0.933. The van der Waals surface area contributed by atoms with E-state index in [1.54, 1.807) is 0 Å². The Morgan fingerprint density at radius 3 is 2.47 bits per heavy atom. The fourth-order valence-corrected chi connectivity index (χ4v) is 2.85. The van der Waals surface area contributed by atoms with E-state index in [1.165, 1.54) is 25.7 Å². The normalized spacial score (nSPS) is 24.0. The standard InChI is InChI=1S/C15H30N2O2/c1-15(2,3)19-14(18)17-10-8-13-6-4-5-12(11-13)7-9-16/h12-13H,4-11,16H2,1-3H3,(H,17,18). The van der Waals surface area contributed by atoms with E-state index in [1.807, 2.05) is 20.8 Å². The summed E-state index contributed by atoms with van der Waals surface area (Å²) in [5.41, 5.74) is 5.21. The minimum atomic E-state index is -0.416. The van der Waals surface area contributed by atoms with Gasteiger partial charge in [0, 0.05) is 6.54 Å². The maximum absolute atomic E-state index is 11.5. The molecule has 4 heteroatoms. The van der Waals surface area contributed by atoms with Crippen LogP contribution in [0, 0.1) is 11.8 Å². The molecule has 0 aromatic heterocycles. The minimum absolute atomic E-state index is 0.304. The van der Waals surface area contributed by atoms with Crippen LogP contribution in [0.25, 0.3) is 0 Å². The molecule has 3 N–H and O–H groups in total. The zero-order valence-corrected chi connectivity index (χ0v) is 12.7. The van der Waals surface area contributed by atoms with Gasteiger partial charge in [-0.05, 0) is 58.4 Å². The second-order valence-corrected chi connectivity index (χ2v) is 6.69. The maximum atomic E-state index is 11.5. The summed E-state index contributed by atoms with van der Waals surface area (Å²) < 4.78 is 5.22. The molecule has 1 aliphatic rings. The highest BCUT2D eigenvalue weighted by Crippen LogP contribution is 2.32. The average molecular weight is 270 g/mol. The molecular weight excluding hydrogens is 240 g/mol. The number of hydrogen-bond donors (Lipinski definition) is 2. The van der Waals surface area contributed by atoms with Crippen molar-refractivity contribution >= 4 is 6.09 Å². The molecule has 0 saturated heterocycles. The van der Waals surface area contributed by atoms with Crippen LogP contribution in [0.5, 0.6) is 0 Å². The van der Waals surface area contributed by atoms with Crippen LogP contribution in [0.15, 0.2) is 0 Å². The number of amides is 1. The van der Waals surface area contributed by atoms with Gasteiger partial charge in [-0.1, -0.05) is 19.3 Å². The van der Waals surface area contributed by atoms with Gasteiger partial charge in [0.1, 0.15) is 5.60 Å². The number of alkyl carbamates (subject to hydrolysis) is 1. The molecule has 1 rings (SSSR count). The number of hydrogen-bond acceptors (Lipinski definition) is 3. The van der Waals surface area contributed by atoms with E-state index in [4.69, 9.17) is 10.5 Å². The summed E-state index contributed by atoms with van der Waals surface area (Å²) in [6.07, 6.45) is 7.09. The van der Waals surface area contributed by atoms with Crippen molar-refractivity contribution in [3.05, 3.63) is 0 Å². The van der Waals surface area contributed by atoms with Gasteiger partial charge in [-0.2, -0.15) is 0 Å². The quantitative estimate of drug-likeness (QED) is 0.807. The lowest BCUT2D eigenvalue weighted by atomic mass is 9.78. The fourth-order valence-electron chi connectivity index (χ4n) is 2.85. The second kappa shape index (κ2) is 7.73. The van der Waals surface area contributed by atoms with Crippen LogP contribution in [0.2, 0.25) is 0 Å². The molecule has 1 aliphatic carbocycles. The molecule has 0 aromatic carbocycles. The third-order valence-corrected chi connectivity index (χ3v) is 3.69. The Bertz CT molecular complexity index is 272. The molecule has 1 fully saturated rings. The largest absolute Gasteiger partial charge is 0.444 e. The predicted octanol–water partition coefficient (Wildman–Crippen LogP) is 3.06. The van der Waals surface area contributed by atoms with Crippen LogP contribution >= 0.6 is 0 Å². The Hall–Kier alpha value is -0.770. The lowest BCUT2D eigenvalue weighted by Crippen LogP contribution is -2.34. The smallest absolute Gasteiger partial charge is 0.407 e. The average Bonchev–Trinajstić information content (AvgIpc) is 2.27. The molecule has 19 heavy (non-hydrogen) atoms. The van der Waals surface area contributed by atoms with Crippen LogP contribution in [0.4, 0.5) is 4.79 Å². The molecule has 0 heterocycles. The third-order valence-electron chi connectivity index (χ3n) is 3.69. The van der Waals surface area contributed by atoms with Gasteiger partial charge in [0.25, 0.3) is 0 Å². The zero-order valence-electron chi connectivity index (χ0n) is 12.7. The number of rotatable bonds is 5. The van der Waals surface area contributed by atoms with E-state index < -0.39 is 5.60 Å². The van der Waals surface area contributed by atoms with Crippen molar-refractivity contribution in [2.45, 2.75) is 64.9 Å². The van der Waals surface area contributed by atoms with E-state index in [-0.39, 0.29) is 6.09 Å². The summed E-state index contributed by atoms with van der Waals surface area (Å²) in [4.78, 5) is 11.5. The minimum Gasteiger partial charge on any atom is -0.444 e. The van der Waals surface area contributed by atoms with Crippen molar-refractivity contribution in [2.75, 3.05) is 13.1 Å². The topological polar surface area (TPSA) is 64.3 Å². The van der Waals surface area contributed by atoms with Gasteiger partial charge >= 0.3 is 6.09 Å². The van der Waals surface area contributed by atoms with Crippen LogP contribution in [0.1, 0.15) is 59.3 Å². The summed E-state index contributed by atoms with van der Waals surface area (Å²) >= 11 is 0. The molecule has 0 spiro atoms. The predicted molar refractivity (Wildman–Crippen MR) is 78.0 cm³/mol. The van der Waals surface area contributed by atoms with Crippen molar-refractivity contribution in [2.24, 2.45) is 17.6 Å². The second-order valence-electron chi connectivity index (χ2n) is 6.69. The Kier molecular flexibility index (Phi) is 6.63. The van der Waals surface area contributed by atoms with Gasteiger partial charge in [0.05, 0.1) is 0 Å². The van der Waals surface area contributed by atoms with Gasteiger partial charge in [-0.15, -0.1) is 0 Å². The number of ether oxygens (including phenoxy) is 1. The summed E-state index contributed by atoms with van der Waals surface area (Å²) in [7, 11) is 0. The Morgan fingerprint density at radius 1 is 1.26 bits per heavy atom. The van der Waals surface area contributed by atoms with Gasteiger partial charge in [-0.25, -0.2) is 4.79 Å². The Balaban J connectivity index is 2.16. The molecule has 1 amide bonds. The summed E-state index contributed by atoms with van der Waals surface area (Å²) in [5, 5.41) is 2.85. The first-order valence-corrected chi connectivity index (χ1v) is 7.57. The van der Waals surface area contributed by atoms with E-state index >= 15 is 0 Å². The van der Waals surface area contributed by atoms with Crippen molar-refractivity contribution in [3.63, 3.8) is 0 Å². The van der Waals surface area contributed by atoms with Gasteiger partial charge in [-0.3, -0.25) is 0 Å². The van der Waals surface area contributed by atoms with Crippen molar-refractivity contribution in [3.8, 4) is 0 Å². The molecule has 1 saturated carbocycles. The van der Waals surface area contributed by atoms with Crippen LogP contribution in [-0.4, -0.2) is 24.8 Å². The van der Waals surface area contributed by atoms with Crippen LogP contribution in [-0.2, 0) is 4.74 Å². The lowest BCUT2D eigenvalue weighted by molar-refractivity contribution is 0.0523. The number of nitrogens with two attached hydrogens (primary N) is 1. The van der Waals surface area contributed by atoms with Gasteiger partial charge < -0.3 is 15.8 Å². The Labute approximate surface area is 117 Å². The molecule has 2 atom stereocenters. The van der Waals surface area contributed by atoms with Gasteiger partial charge in [0.15, 0.2) is 0 Å². The van der Waals surface area contributed by atoms with Crippen molar-refractivity contribution in [1.29, 1.82) is 0 Å². The molecule has 4 nitrogen and oxygen atoms in total. The van der Waals surface area contributed by atoms with E-state index in [0.29, 0.717) is 0 Å². The van der Waals surface area contributed by atoms with Crippen LogP contribution < -0.4 is 11.1 Å². The first-order chi connectivity index (χ1) is 8.90. The van der Waals surface area contributed by atoms with Crippen LogP contribution in [0.3, 0.4) is 0 Å². The molecule has 112 valence electrons. The van der Waals surface area contributed by atoms with Crippen molar-refractivity contribution in [1.82, 2.24) is 5.32 Å². The Morgan fingerprint density at radius 2 is 1.89 bits per heavy atom. The molecular formula is C15H30N2O2. The molecule has 0 bridgehead atoms. The number of carbonyl (C=O) groups excluding carboxylic acids is 1. The summed E-state index contributed by atoms with van der Waals surface area (Å²) in [5.74, 6) is 1.53. The SMILES string of the molecule is CC(C)(C)OC(=O)NCCC1CCCC(CCN)C1. The number of nitrogens with one attached hydrogen (secondary N) is 1. The highest BCUT2D eigenvalue weighted by atomic mass is 16.6. The molecule has 0 aliphatic heterocycles. The maximum Gasteiger partial charge on any atom is 0.407 e. The highest BCUT2D eigenvalue weighted by molar-refractivity contribution is 5.67. The summed E-state index contributed by atoms with van der Waals surface area (Å²) in [6.45, 7) is 7.16. The summed E-state index contributed by atoms with van der Waals surface area (Å²) in [6, 6.07) is 0. The first-order valence-electron chi connectivity index (χ1n) is 7.57. The lowest BCUT2D eigenvalue weighted by Gasteiger charge is -2.29. The van der Waals surface area contributed by atoms with Gasteiger partial charge in [0.2, 0.25) is 0 Å². The van der Waals surface area contributed by atoms with E-state index in [2.05, 4.69) is 5.32 Å². The monoisotopic (exact) mass is 270 g/mol. The molecule has 2 unspecified atom stereocenters. The highest BCUT2D eigenvalue weighted by Gasteiger charge is 2.21. The third kappa shape index (κ3) is 7.41. The number of carbonyl (C=O) groups is 1. The van der Waals surface area contributed by atoms with E-state index in [0.717, 1.165) is 37.8 Å². The molecule has 0 aromatic rings. The van der Waals surface area contributed by atoms with Crippen molar-refractivity contribution < 1.29 is 9.53 Å². The molecule has 0 radical (unpaired) electrons. The first kappa shape index (κ1) is 16.3.